The third-order valence-corrected chi connectivity index (χ3v) is 3.95. The smallest absolute Gasteiger partial charge is 0.272 e. The van der Waals surface area contributed by atoms with Gasteiger partial charge in [-0.3, -0.25) is 4.79 Å². The summed E-state index contributed by atoms with van der Waals surface area (Å²) in [6.45, 7) is 4.65. The SMILES string of the molecule is CCn1cc(Cl)cc1C(=O)Nc1ccc(Br)c(C)c1. The third kappa shape index (κ3) is 3.19. The van der Waals surface area contributed by atoms with Crippen molar-refractivity contribution in [2.75, 3.05) is 5.32 Å². The van der Waals surface area contributed by atoms with Gasteiger partial charge in [-0.05, 0) is 43.7 Å². The lowest BCUT2D eigenvalue weighted by Gasteiger charge is -2.09. The molecule has 19 heavy (non-hydrogen) atoms. The van der Waals surface area contributed by atoms with Gasteiger partial charge in [0, 0.05) is 22.9 Å². The van der Waals surface area contributed by atoms with Crippen LogP contribution in [0.4, 0.5) is 5.69 Å². The van der Waals surface area contributed by atoms with Crippen molar-refractivity contribution in [1.82, 2.24) is 4.57 Å². The number of carbonyl (C=O) groups excluding carboxylic acids is 1. The molecule has 0 radical (unpaired) electrons. The molecular formula is C14H14BrClN2O. The van der Waals surface area contributed by atoms with Crippen LogP contribution in [0.25, 0.3) is 0 Å². The third-order valence-electron chi connectivity index (χ3n) is 2.85. The van der Waals surface area contributed by atoms with E-state index in [9.17, 15) is 4.79 Å². The number of benzene rings is 1. The number of aryl methyl sites for hydroxylation is 2. The van der Waals surface area contributed by atoms with Gasteiger partial charge in [-0.1, -0.05) is 27.5 Å². The molecule has 2 rings (SSSR count). The number of rotatable bonds is 3. The molecule has 0 saturated carbocycles. The zero-order valence-corrected chi connectivity index (χ0v) is 13.0. The molecule has 0 fully saturated rings. The Morgan fingerprint density at radius 3 is 2.79 bits per heavy atom. The molecule has 2 aromatic rings. The van der Waals surface area contributed by atoms with Crippen molar-refractivity contribution in [3.63, 3.8) is 0 Å². The van der Waals surface area contributed by atoms with Gasteiger partial charge < -0.3 is 9.88 Å². The van der Waals surface area contributed by atoms with Crippen LogP contribution in [0.2, 0.25) is 5.02 Å². The van der Waals surface area contributed by atoms with Crippen LogP contribution >= 0.6 is 27.5 Å². The van der Waals surface area contributed by atoms with Crippen molar-refractivity contribution < 1.29 is 4.79 Å². The minimum atomic E-state index is -0.157. The molecule has 5 heteroatoms. The van der Waals surface area contributed by atoms with E-state index in [2.05, 4.69) is 21.2 Å². The van der Waals surface area contributed by atoms with E-state index < -0.39 is 0 Å². The van der Waals surface area contributed by atoms with E-state index in [1.54, 1.807) is 12.3 Å². The van der Waals surface area contributed by atoms with Gasteiger partial charge in [0.1, 0.15) is 5.69 Å². The van der Waals surface area contributed by atoms with Crippen LogP contribution in [0.3, 0.4) is 0 Å². The van der Waals surface area contributed by atoms with E-state index in [1.165, 1.54) is 0 Å². The van der Waals surface area contributed by atoms with Crippen LogP contribution in [0, 0.1) is 6.92 Å². The zero-order valence-electron chi connectivity index (χ0n) is 10.7. The molecule has 0 aliphatic carbocycles. The first-order valence-corrected chi connectivity index (χ1v) is 7.11. The summed E-state index contributed by atoms with van der Waals surface area (Å²) in [7, 11) is 0. The highest BCUT2D eigenvalue weighted by molar-refractivity contribution is 9.10. The van der Waals surface area contributed by atoms with Crippen LogP contribution in [0.5, 0.6) is 0 Å². The summed E-state index contributed by atoms with van der Waals surface area (Å²) in [4.78, 5) is 12.2. The maximum atomic E-state index is 12.2. The van der Waals surface area contributed by atoms with Gasteiger partial charge in [0.15, 0.2) is 0 Å². The Kier molecular flexibility index (Phi) is 4.32. The number of hydrogen-bond donors (Lipinski definition) is 1. The first kappa shape index (κ1) is 14.2. The molecule has 0 unspecified atom stereocenters. The van der Waals surface area contributed by atoms with E-state index in [-0.39, 0.29) is 5.91 Å². The molecular weight excluding hydrogens is 328 g/mol. The summed E-state index contributed by atoms with van der Waals surface area (Å²) in [5, 5.41) is 3.44. The van der Waals surface area contributed by atoms with Crippen molar-refractivity contribution in [3.05, 3.63) is 51.2 Å². The molecule has 1 heterocycles. The van der Waals surface area contributed by atoms with Crippen LogP contribution in [0.15, 0.2) is 34.9 Å². The molecule has 0 aliphatic heterocycles. The lowest BCUT2D eigenvalue weighted by Crippen LogP contribution is -2.16. The van der Waals surface area contributed by atoms with Crippen molar-refractivity contribution in [1.29, 1.82) is 0 Å². The number of nitrogens with one attached hydrogen (secondary N) is 1. The molecule has 0 aliphatic rings. The second-order valence-corrected chi connectivity index (χ2v) is 5.54. The zero-order chi connectivity index (χ0) is 14.0. The fourth-order valence-electron chi connectivity index (χ4n) is 1.84. The van der Waals surface area contributed by atoms with Gasteiger partial charge in [-0.25, -0.2) is 0 Å². The highest BCUT2D eigenvalue weighted by Gasteiger charge is 2.12. The summed E-state index contributed by atoms with van der Waals surface area (Å²) in [6, 6.07) is 7.36. The summed E-state index contributed by atoms with van der Waals surface area (Å²) in [6.07, 6.45) is 1.75. The molecule has 0 atom stereocenters. The van der Waals surface area contributed by atoms with Crippen LogP contribution in [-0.4, -0.2) is 10.5 Å². The fraction of sp³-hybridized carbons (Fsp3) is 0.214. The Balaban J connectivity index is 2.22. The van der Waals surface area contributed by atoms with E-state index in [0.717, 1.165) is 15.7 Å². The Labute approximate surface area is 125 Å². The number of aromatic nitrogens is 1. The quantitative estimate of drug-likeness (QED) is 0.877. The summed E-state index contributed by atoms with van der Waals surface area (Å²) >= 11 is 9.36. The predicted octanol–water partition coefficient (Wildman–Crippen LogP) is 4.48. The van der Waals surface area contributed by atoms with E-state index in [1.807, 2.05) is 36.6 Å². The topological polar surface area (TPSA) is 34.0 Å². The van der Waals surface area contributed by atoms with Crippen LogP contribution in [0.1, 0.15) is 23.0 Å². The monoisotopic (exact) mass is 340 g/mol. The normalized spacial score (nSPS) is 10.5. The molecule has 1 amide bonds. The molecule has 1 aromatic carbocycles. The Morgan fingerprint density at radius 1 is 1.42 bits per heavy atom. The van der Waals surface area contributed by atoms with E-state index in [4.69, 9.17) is 11.6 Å². The van der Waals surface area contributed by atoms with Crippen molar-refractivity contribution >= 4 is 39.1 Å². The van der Waals surface area contributed by atoms with Gasteiger partial charge in [-0.15, -0.1) is 0 Å². The summed E-state index contributed by atoms with van der Waals surface area (Å²) in [5.41, 5.74) is 2.40. The minimum absolute atomic E-state index is 0.157. The molecule has 0 spiro atoms. The van der Waals surface area contributed by atoms with Gasteiger partial charge in [0.25, 0.3) is 5.91 Å². The summed E-state index contributed by atoms with van der Waals surface area (Å²) < 4.78 is 2.84. The number of anilines is 1. The number of carbonyl (C=O) groups is 1. The Bertz CT molecular complexity index is 622. The maximum Gasteiger partial charge on any atom is 0.272 e. The van der Waals surface area contributed by atoms with Gasteiger partial charge in [0.05, 0.1) is 5.02 Å². The number of halogens is 2. The average Bonchev–Trinajstić information content (AvgIpc) is 2.75. The maximum absolute atomic E-state index is 12.2. The van der Waals surface area contributed by atoms with E-state index >= 15 is 0 Å². The Morgan fingerprint density at radius 2 is 2.16 bits per heavy atom. The molecule has 100 valence electrons. The van der Waals surface area contributed by atoms with Gasteiger partial charge >= 0.3 is 0 Å². The first-order valence-electron chi connectivity index (χ1n) is 5.94. The van der Waals surface area contributed by atoms with Crippen molar-refractivity contribution in [2.45, 2.75) is 20.4 Å². The highest BCUT2D eigenvalue weighted by atomic mass is 79.9. The number of nitrogens with zero attached hydrogens (tertiary/aromatic N) is 1. The van der Waals surface area contributed by atoms with Crippen molar-refractivity contribution in [2.24, 2.45) is 0 Å². The standard InChI is InChI=1S/C14H14BrClN2O/c1-3-18-8-10(16)7-13(18)14(19)17-11-4-5-12(15)9(2)6-11/h4-8H,3H2,1-2H3,(H,17,19). The van der Waals surface area contributed by atoms with Crippen molar-refractivity contribution in [3.8, 4) is 0 Å². The minimum Gasteiger partial charge on any atom is -0.342 e. The predicted molar refractivity (Wildman–Crippen MR) is 81.9 cm³/mol. The first-order chi connectivity index (χ1) is 9.01. The fourth-order valence-corrected chi connectivity index (χ4v) is 2.31. The van der Waals surface area contributed by atoms with Crippen LogP contribution in [-0.2, 0) is 6.54 Å². The summed E-state index contributed by atoms with van der Waals surface area (Å²) in [5.74, 6) is -0.157. The molecule has 0 saturated heterocycles. The van der Waals surface area contributed by atoms with Crippen LogP contribution < -0.4 is 5.32 Å². The number of hydrogen-bond acceptors (Lipinski definition) is 1. The Hall–Kier alpha value is -1.26. The largest absolute Gasteiger partial charge is 0.342 e. The molecule has 1 N–H and O–H groups in total. The second kappa shape index (κ2) is 5.80. The lowest BCUT2D eigenvalue weighted by atomic mass is 10.2. The molecule has 0 bridgehead atoms. The van der Waals surface area contributed by atoms with Gasteiger partial charge in [-0.2, -0.15) is 0 Å². The average molecular weight is 342 g/mol. The van der Waals surface area contributed by atoms with E-state index in [0.29, 0.717) is 17.3 Å². The molecule has 3 nitrogen and oxygen atoms in total. The second-order valence-electron chi connectivity index (χ2n) is 4.25. The molecule has 1 aromatic heterocycles. The lowest BCUT2D eigenvalue weighted by molar-refractivity contribution is 0.101. The number of amides is 1. The highest BCUT2D eigenvalue weighted by Crippen LogP contribution is 2.21. The van der Waals surface area contributed by atoms with Gasteiger partial charge in [0.2, 0.25) is 0 Å².